The molecular formula is C17H26N2O2. The van der Waals surface area contributed by atoms with E-state index in [1.54, 1.807) is 30.5 Å². The Balaban J connectivity index is 2.07. The summed E-state index contributed by atoms with van der Waals surface area (Å²) in [6.45, 7) is 2.21. The average Bonchev–Trinajstić information content (AvgIpc) is 2.48. The van der Waals surface area contributed by atoms with E-state index in [9.17, 15) is 4.79 Å². The molecule has 0 fully saturated rings. The minimum absolute atomic E-state index is 0.0430. The lowest BCUT2D eigenvalue weighted by Gasteiger charge is -2.01. The molecule has 0 radical (unpaired) electrons. The molecular weight excluding hydrogens is 264 g/mol. The highest BCUT2D eigenvalue weighted by molar-refractivity contribution is 5.82. The summed E-state index contributed by atoms with van der Waals surface area (Å²) in [6, 6.07) is 6.64. The van der Waals surface area contributed by atoms with Crippen LogP contribution < -0.4 is 5.43 Å². The first-order valence-electron chi connectivity index (χ1n) is 7.83. The number of nitrogens with one attached hydrogen (secondary N) is 1. The van der Waals surface area contributed by atoms with Crippen LogP contribution in [0.4, 0.5) is 0 Å². The van der Waals surface area contributed by atoms with E-state index in [1.807, 2.05) is 0 Å². The lowest BCUT2D eigenvalue weighted by atomic mass is 10.1. The highest BCUT2D eigenvalue weighted by atomic mass is 16.3. The van der Waals surface area contributed by atoms with Crippen molar-refractivity contribution < 1.29 is 9.90 Å². The Morgan fingerprint density at radius 1 is 1.10 bits per heavy atom. The molecule has 1 aromatic carbocycles. The number of phenols is 1. The molecule has 1 aromatic rings. The number of amides is 1. The van der Waals surface area contributed by atoms with Crippen molar-refractivity contribution in [3.63, 3.8) is 0 Å². The van der Waals surface area contributed by atoms with Gasteiger partial charge in [0, 0.05) is 6.42 Å². The maximum atomic E-state index is 11.6. The van der Waals surface area contributed by atoms with Crippen LogP contribution in [0.25, 0.3) is 0 Å². The van der Waals surface area contributed by atoms with Crippen molar-refractivity contribution in [2.75, 3.05) is 0 Å². The standard InChI is InChI=1S/C17H26N2O2/c1-2-3-4-5-6-7-8-9-17(21)19-18-14-15-10-12-16(20)13-11-15/h10-14,20H,2-9H2,1H3,(H,19,21)/b18-14-. The normalized spacial score (nSPS) is 10.9. The van der Waals surface area contributed by atoms with E-state index in [2.05, 4.69) is 17.5 Å². The monoisotopic (exact) mass is 290 g/mol. The van der Waals surface area contributed by atoms with Crippen LogP contribution in [0.3, 0.4) is 0 Å². The number of unbranched alkanes of at least 4 members (excludes halogenated alkanes) is 6. The molecule has 0 aromatic heterocycles. The summed E-state index contributed by atoms with van der Waals surface area (Å²) in [6.07, 6.45) is 10.5. The molecule has 116 valence electrons. The Bertz CT molecular complexity index is 427. The Hall–Kier alpha value is -1.84. The summed E-state index contributed by atoms with van der Waals surface area (Å²) in [5.41, 5.74) is 3.36. The lowest BCUT2D eigenvalue weighted by Crippen LogP contribution is -2.16. The highest BCUT2D eigenvalue weighted by Gasteiger charge is 1.99. The number of aromatic hydroxyl groups is 1. The summed E-state index contributed by atoms with van der Waals surface area (Å²) in [5.74, 6) is 0.175. The van der Waals surface area contributed by atoms with Gasteiger partial charge in [-0.2, -0.15) is 5.10 Å². The molecule has 4 nitrogen and oxygen atoms in total. The fourth-order valence-corrected chi connectivity index (χ4v) is 2.04. The molecule has 4 heteroatoms. The fourth-order valence-electron chi connectivity index (χ4n) is 2.04. The van der Waals surface area contributed by atoms with Crippen LogP contribution in [-0.2, 0) is 4.79 Å². The maximum absolute atomic E-state index is 11.6. The number of carbonyl (C=O) groups is 1. The second-order valence-electron chi connectivity index (χ2n) is 5.26. The van der Waals surface area contributed by atoms with Gasteiger partial charge in [-0.1, -0.05) is 45.4 Å². The largest absolute Gasteiger partial charge is 0.508 e. The summed E-state index contributed by atoms with van der Waals surface area (Å²) < 4.78 is 0. The molecule has 0 heterocycles. The van der Waals surface area contributed by atoms with Crippen molar-refractivity contribution in [1.29, 1.82) is 0 Å². The Morgan fingerprint density at radius 2 is 1.71 bits per heavy atom. The van der Waals surface area contributed by atoms with Crippen LogP contribution in [0.5, 0.6) is 5.75 Å². The topological polar surface area (TPSA) is 61.7 Å². The second kappa shape index (κ2) is 10.9. The van der Waals surface area contributed by atoms with Crippen LogP contribution in [0.2, 0.25) is 0 Å². The first-order chi connectivity index (χ1) is 10.2. The first-order valence-corrected chi connectivity index (χ1v) is 7.83. The van der Waals surface area contributed by atoms with Crippen LogP contribution in [-0.4, -0.2) is 17.2 Å². The highest BCUT2D eigenvalue weighted by Crippen LogP contribution is 2.09. The minimum atomic E-state index is -0.0430. The summed E-state index contributed by atoms with van der Waals surface area (Å²) >= 11 is 0. The van der Waals surface area contributed by atoms with E-state index >= 15 is 0 Å². The fraction of sp³-hybridized carbons (Fsp3) is 0.529. The quantitative estimate of drug-likeness (QED) is 0.389. The number of hydrogen-bond donors (Lipinski definition) is 2. The van der Waals surface area contributed by atoms with Gasteiger partial charge in [0.15, 0.2) is 0 Å². The van der Waals surface area contributed by atoms with Crippen LogP contribution in [0.15, 0.2) is 29.4 Å². The van der Waals surface area contributed by atoms with Gasteiger partial charge >= 0.3 is 0 Å². The Kier molecular flexibility index (Phi) is 8.93. The first kappa shape index (κ1) is 17.2. The van der Waals surface area contributed by atoms with Gasteiger partial charge in [0.05, 0.1) is 6.21 Å². The van der Waals surface area contributed by atoms with Gasteiger partial charge < -0.3 is 5.11 Å². The number of hydrazone groups is 1. The SMILES string of the molecule is CCCCCCCCCC(=O)N/N=C\c1ccc(O)cc1. The third-order valence-electron chi connectivity index (χ3n) is 3.30. The van der Waals surface area contributed by atoms with Gasteiger partial charge in [-0.3, -0.25) is 4.79 Å². The van der Waals surface area contributed by atoms with Crippen molar-refractivity contribution >= 4 is 12.1 Å². The van der Waals surface area contributed by atoms with E-state index in [0.29, 0.717) is 6.42 Å². The van der Waals surface area contributed by atoms with Crippen molar-refractivity contribution in [1.82, 2.24) is 5.43 Å². The number of nitrogens with zero attached hydrogens (tertiary/aromatic N) is 1. The molecule has 0 saturated carbocycles. The molecule has 0 saturated heterocycles. The molecule has 0 bridgehead atoms. The molecule has 2 N–H and O–H groups in total. The van der Waals surface area contributed by atoms with Crippen LogP contribution in [0.1, 0.15) is 63.9 Å². The van der Waals surface area contributed by atoms with E-state index in [-0.39, 0.29) is 11.7 Å². The number of hydrogen-bond acceptors (Lipinski definition) is 3. The van der Waals surface area contributed by atoms with Crippen LogP contribution in [0, 0.1) is 0 Å². The predicted octanol–water partition coefficient (Wildman–Crippen LogP) is 3.98. The van der Waals surface area contributed by atoms with Crippen molar-refractivity contribution in [2.45, 2.75) is 58.3 Å². The van der Waals surface area contributed by atoms with Gasteiger partial charge in [-0.15, -0.1) is 0 Å². The molecule has 0 atom stereocenters. The van der Waals surface area contributed by atoms with Gasteiger partial charge in [0.2, 0.25) is 5.91 Å². The molecule has 0 aliphatic carbocycles. The predicted molar refractivity (Wildman–Crippen MR) is 86.5 cm³/mol. The van der Waals surface area contributed by atoms with Gasteiger partial charge in [0.1, 0.15) is 5.75 Å². The smallest absolute Gasteiger partial charge is 0.240 e. The Labute approximate surface area is 127 Å². The Morgan fingerprint density at radius 3 is 2.38 bits per heavy atom. The van der Waals surface area contributed by atoms with E-state index in [1.165, 1.54) is 32.1 Å². The summed E-state index contributed by atoms with van der Waals surface area (Å²) in [4.78, 5) is 11.6. The van der Waals surface area contributed by atoms with Crippen LogP contribution >= 0.6 is 0 Å². The van der Waals surface area contributed by atoms with Crippen molar-refractivity contribution in [3.8, 4) is 5.75 Å². The number of phenolic OH excluding ortho intramolecular Hbond substituents is 1. The molecule has 0 aliphatic rings. The lowest BCUT2D eigenvalue weighted by molar-refractivity contribution is -0.121. The summed E-state index contributed by atoms with van der Waals surface area (Å²) in [5, 5.41) is 13.0. The van der Waals surface area contributed by atoms with E-state index in [4.69, 9.17) is 5.11 Å². The average molecular weight is 290 g/mol. The zero-order valence-electron chi connectivity index (χ0n) is 12.8. The molecule has 0 spiro atoms. The zero-order chi connectivity index (χ0) is 15.3. The molecule has 0 unspecified atom stereocenters. The summed E-state index contributed by atoms with van der Waals surface area (Å²) in [7, 11) is 0. The van der Waals surface area contributed by atoms with Crippen molar-refractivity contribution in [2.24, 2.45) is 5.10 Å². The minimum Gasteiger partial charge on any atom is -0.508 e. The molecule has 21 heavy (non-hydrogen) atoms. The molecule has 1 amide bonds. The van der Waals surface area contributed by atoms with Gasteiger partial charge in [-0.25, -0.2) is 5.43 Å². The third kappa shape index (κ3) is 8.84. The molecule has 1 rings (SSSR count). The van der Waals surface area contributed by atoms with Gasteiger partial charge in [0.25, 0.3) is 0 Å². The number of benzene rings is 1. The zero-order valence-corrected chi connectivity index (χ0v) is 12.8. The second-order valence-corrected chi connectivity index (χ2v) is 5.26. The number of rotatable bonds is 10. The third-order valence-corrected chi connectivity index (χ3v) is 3.30. The van der Waals surface area contributed by atoms with E-state index in [0.717, 1.165) is 18.4 Å². The van der Waals surface area contributed by atoms with E-state index < -0.39 is 0 Å². The molecule has 0 aliphatic heterocycles. The van der Waals surface area contributed by atoms with Crippen molar-refractivity contribution in [3.05, 3.63) is 29.8 Å². The maximum Gasteiger partial charge on any atom is 0.240 e. The van der Waals surface area contributed by atoms with Gasteiger partial charge in [-0.05, 0) is 36.2 Å². The number of carbonyl (C=O) groups excluding carboxylic acids is 1.